The average Bonchev–Trinajstić information content (AvgIpc) is 2.64. The molecule has 1 aliphatic rings. The number of benzene rings is 1. The van der Waals surface area contributed by atoms with Crippen molar-refractivity contribution < 1.29 is 4.79 Å². The quantitative estimate of drug-likeness (QED) is 0.724. The lowest BCUT2D eigenvalue weighted by Crippen LogP contribution is -2.26. The maximum absolute atomic E-state index is 12.2. The smallest absolute Gasteiger partial charge is 0.258 e. The first-order chi connectivity index (χ1) is 8.24. The molecule has 0 spiro atoms. The minimum atomic E-state index is 0.0619. The van der Waals surface area contributed by atoms with E-state index >= 15 is 0 Å². The van der Waals surface area contributed by atoms with E-state index in [4.69, 9.17) is 0 Å². The third kappa shape index (κ3) is 2.21. The molecule has 2 rings (SSSR count). The van der Waals surface area contributed by atoms with Crippen LogP contribution < -0.4 is 4.90 Å². The zero-order valence-electron chi connectivity index (χ0n) is 9.89. The molecule has 17 heavy (non-hydrogen) atoms. The largest absolute Gasteiger partial charge is 0.304 e. The van der Waals surface area contributed by atoms with Crippen molar-refractivity contribution in [2.75, 3.05) is 11.4 Å². The van der Waals surface area contributed by atoms with Gasteiger partial charge in [0.2, 0.25) is 0 Å². The van der Waals surface area contributed by atoms with Crippen LogP contribution in [-0.2, 0) is 4.79 Å². The number of carbonyl (C=O) groups excluding carboxylic acids is 1. The molecule has 86 valence electrons. The summed E-state index contributed by atoms with van der Waals surface area (Å²) < 4.78 is 0. The van der Waals surface area contributed by atoms with Gasteiger partial charge in [-0.2, -0.15) is 0 Å². The van der Waals surface area contributed by atoms with Crippen LogP contribution in [0.4, 0.5) is 5.69 Å². The minimum Gasteiger partial charge on any atom is -0.304 e. The van der Waals surface area contributed by atoms with Gasteiger partial charge in [-0.15, -0.1) is 0 Å². The van der Waals surface area contributed by atoms with Gasteiger partial charge in [-0.1, -0.05) is 36.9 Å². The molecular formula is C15H15NO. The van der Waals surface area contributed by atoms with Gasteiger partial charge in [0, 0.05) is 17.8 Å². The number of hydrogen-bond acceptors (Lipinski definition) is 1. The molecule has 0 fully saturated rings. The standard InChI is InChI=1S/C15H15NO/c1-3-4-10-14-12(2)11-16(15(14)17)13-8-6-5-7-9-13/h3-10H,1,11H2,2H3/b10-4-. The zero-order chi connectivity index (χ0) is 12.3. The molecule has 1 heterocycles. The molecule has 0 saturated heterocycles. The van der Waals surface area contributed by atoms with Gasteiger partial charge in [0.15, 0.2) is 0 Å². The van der Waals surface area contributed by atoms with Gasteiger partial charge < -0.3 is 4.90 Å². The summed E-state index contributed by atoms with van der Waals surface area (Å²) in [5.41, 5.74) is 2.81. The van der Waals surface area contributed by atoms with Crippen LogP contribution in [0.15, 0.2) is 66.3 Å². The Morgan fingerprint density at radius 3 is 2.65 bits per heavy atom. The van der Waals surface area contributed by atoms with Crippen molar-refractivity contribution in [2.45, 2.75) is 6.92 Å². The predicted molar refractivity (Wildman–Crippen MR) is 70.8 cm³/mol. The van der Waals surface area contributed by atoms with Crippen molar-refractivity contribution in [3.8, 4) is 0 Å². The predicted octanol–water partition coefficient (Wildman–Crippen LogP) is 3.09. The Bertz CT molecular complexity index is 497. The number of amides is 1. The van der Waals surface area contributed by atoms with Crippen LogP contribution in [0.1, 0.15) is 6.92 Å². The van der Waals surface area contributed by atoms with E-state index in [-0.39, 0.29) is 5.91 Å². The van der Waals surface area contributed by atoms with Crippen molar-refractivity contribution in [1.29, 1.82) is 0 Å². The van der Waals surface area contributed by atoms with Crippen molar-refractivity contribution in [3.05, 3.63) is 66.3 Å². The zero-order valence-corrected chi connectivity index (χ0v) is 9.89. The lowest BCUT2D eigenvalue weighted by atomic mass is 10.1. The molecular weight excluding hydrogens is 210 g/mol. The normalized spacial score (nSPS) is 16.1. The van der Waals surface area contributed by atoms with E-state index in [1.54, 1.807) is 17.1 Å². The second kappa shape index (κ2) is 4.83. The summed E-state index contributed by atoms with van der Waals surface area (Å²) in [4.78, 5) is 14.0. The number of allylic oxidation sites excluding steroid dienone is 2. The summed E-state index contributed by atoms with van der Waals surface area (Å²) in [6, 6.07) is 9.73. The van der Waals surface area contributed by atoms with Crippen LogP contribution in [0, 0.1) is 0 Å². The Morgan fingerprint density at radius 2 is 2.00 bits per heavy atom. The molecule has 2 heteroatoms. The van der Waals surface area contributed by atoms with E-state index in [2.05, 4.69) is 6.58 Å². The van der Waals surface area contributed by atoms with Gasteiger partial charge in [0.05, 0.1) is 0 Å². The van der Waals surface area contributed by atoms with Gasteiger partial charge >= 0.3 is 0 Å². The van der Waals surface area contributed by atoms with Crippen molar-refractivity contribution in [3.63, 3.8) is 0 Å². The lowest BCUT2D eigenvalue weighted by Gasteiger charge is -2.16. The summed E-state index contributed by atoms with van der Waals surface area (Å²) >= 11 is 0. The first kappa shape index (κ1) is 11.4. The average molecular weight is 225 g/mol. The van der Waals surface area contributed by atoms with Crippen LogP contribution in [0.25, 0.3) is 0 Å². The van der Waals surface area contributed by atoms with Gasteiger partial charge in [0.1, 0.15) is 0 Å². The first-order valence-electron chi connectivity index (χ1n) is 5.60. The summed E-state index contributed by atoms with van der Waals surface area (Å²) in [5.74, 6) is 0.0619. The molecule has 0 aromatic heterocycles. The monoisotopic (exact) mass is 225 g/mol. The molecule has 0 atom stereocenters. The van der Waals surface area contributed by atoms with Gasteiger partial charge in [-0.3, -0.25) is 4.79 Å². The van der Waals surface area contributed by atoms with Crippen LogP contribution in [0.2, 0.25) is 0 Å². The Hall–Kier alpha value is -2.09. The molecule has 0 unspecified atom stereocenters. The Balaban J connectivity index is 2.26. The highest BCUT2D eigenvalue weighted by molar-refractivity contribution is 6.11. The van der Waals surface area contributed by atoms with Crippen molar-refractivity contribution >= 4 is 11.6 Å². The molecule has 1 aromatic carbocycles. The Morgan fingerprint density at radius 1 is 1.29 bits per heavy atom. The van der Waals surface area contributed by atoms with Gasteiger partial charge in [-0.05, 0) is 30.7 Å². The number of para-hydroxylation sites is 1. The molecule has 0 radical (unpaired) electrons. The second-order valence-corrected chi connectivity index (χ2v) is 4.02. The lowest BCUT2D eigenvalue weighted by molar-refractivity contribution is -0.114. The molecule has 0 aliphatic carbocycles. The number of rotatable bonds is 3. The molecule has 2 nitrogen and oxygen atoms in total. The minimum absolute atomic E-state index is 0.0619. The van der Waals surface area contributed by atoms with E-state index in [1.807, 2.05) is 43.3 Å². The molecule has 1 amide bonds. The van der Waals surface area contributed by atoms with Gasteiger partial charge in [0.25, 0.3) is 5.91 Å². The third-order valence-corrected chi connectivity index (χ3v) is 2.80. The van der Waals surface area contributed by atoms with Gasteiger partial charge in [-0.25, -0.2) is 0 Å². The van der Waals surface area contributed by atoms with Crippen LogP contribution >= 0.6 is 0 Å². The van der Waals surface area contributed by atoms with Crippen LogP contribution in [-0.4, -0.2) is 12.5 Å². The fraction of sp³-hybridized carbons (Fsp3) is 0.133. The molecule has 0 saturated carbocycles. The fourth-order valence-electron chi connectivity index (χ4n) is 1.92. The first-order valence-corrected chi connectivity index (χ1v) is 5.60. The summed E-state index contributed by atoms with van der Waals surface area (Å²) in [5, 5.41) is 0. The maximum atomic E-state index is 12.2. The van der Waals surface area contributed by atoms with E-state index in [9.17, 15) is 4.79 Å². The van der Waals surface area contributed by atoms with Crippen LogP contribution in [0.5, 0.6) is 0 Å². The summed E-state index contributed by atoms with van der Waals surface area (Å²) in [7, 11) is 0. The maximum Gasteiger partial charge on any atom is 0.258 e. The number of nitrogens with zero attached hydrogens (tertiary/aromatic N) is 1. The van der Waals surface area contributed by atoms with E-state index < -0.39 is 0 Å². The molecule has 1 aromatic rings. The van der Waals surface area contributed by atoms with E-state index in [1.165, 1.54) is 0 Å². The highest BCUT2D eigenvalue weighted by atomic mass is 16.2. The number of carbonyl (C=O) groups is 1. The van der Waals surface area contributed by atoms with E-state index in [0.717, 1.165) is 16.8 Å². The van der Waals surface area contributed by atoms with Crippen LogP contribution in [0.3, 0.4) is 0 Å². The van der Waals surface area contributed by atoms with Crippen molar-refractivity contribution in [2.24, 2.45) is 0 Å². The summed E-state index contributed by atoms with van der Waals surface area (Å²) in [6.45, 7) is 6.27. The number of anilines is 1. The topological polar surface area (TPSA) is 20.3 Å². The molecule has 1 aliphatic heterocycles. The third-order valence-electron chi connectivity index (χ3n) is 2.80. The highest BCUT2D eigenvalue weighted by Crippen LogP contribution is 2.25. The fourth-order valence-corrected chi connectivity index (χ4v) is 1.92. The molecule has 0 bridgehead atoms. The number of hydrogen-bond donors (Lipinski definition) is 0. The second-order valence-electron chi connectivity index (χ2n) is 4.02. The summed E-state index contributed by atoms with van der Waals surface area (Å²) in [6.07, 6.45) is 5.30. The Kier molecular flexibility index (Phi) is 3.24. The van der Waals surface area contributed by atoms with Crippen molar-refractivity contribution in [1.82, 2.24) is 0 Å². The SMILES string of the molecule is C=C/C=C\C1=C(C)CN(c2ccccc2)C1=O. The Labute approximate surface area is 102 Å². The highest BCUT2D eigenvalue weighted by Gasteiger charge is 2.26. The molecule has 0 N–H and O–H groups in total. The van der Waals surface area contributed by atoms with E-state index in [0.29, 0.717) is 6.54 Å².